The summed E-state index contributed by atoms with van der Waals surface area (Å²) < 4.78 is 0. The second-order valence-corrected chi connectivity index (χ2v) is 5.04. The van der Waals surface area contributed by atoms with Gasteiger partial charge < -0.3 is 5.32 Å². The minimum atomic E-state index is 0.129. The van der Waals surface area contributed by atoms with Crippen LogP contribution in [0.5, 0.6) is 0 Å². The number of rotatable bonds is 4. The number of halogens is 1. The summed E-state index contributed by atoms with van der Waals surface area (Å²) in [4.78, 5) is 4.38. The molecule has 90 valence electrons. The zero-order valence-electron chi connectivity index (χ0n) is 9.90. The van der Waals surface area contributed by atoms with Crippen molar-refractivity contribution in [1.82, 2.24) is 10.3 Å². The number of hydrogen-bond acceptors (Lipinski definition) is 3. The number of aromatic nitrogens is 1. The van der Waals surface area contributed by atoms with Crippen molar-refractivity contribution in [2.75, 3.05) is 6.54 Å². The zero-order valence-corrected chi connectivity index (χ0v) is 11.5. The minimum absolute atomic E-state index is 0.129. The molecule has 0 radical (unpaired) electrons. The van der Waals surface area contributed by atoms with Crippen molar-refractivity contribution >= 4 is 22.9 Å². The van der Waals surface area contributed by atoms with Crippen LogP contribution < -0.4 is 5.32 Å². The molecule has 2 aromatic rings. The van der Waals surface area contributed by atoms with E-state index in [-0.39, 0.29) is 6.04 Å². The van der Waals surface area contributed by atoms with Gasteiger partial charge in [0.2, 0.25) is 0 Å². The first-order chi connectivity index (χ1) is 8.22. The quantitative estimate of drug-likeness (QED) is 0.910. The van der Waals surface area contributed by atoms with Gasteiger partial charge in [0.25, 0.3) is 0 Å². The summed E-state index contributed by atoms with van der Waals surface area (Å²) in [6, 6.07) is 6.30. The van der Waals surface area contributed by atoms with E-state index in [1.54, 1.807) is 11.3 Å². The third kappa shape index (κ3) is 2.86. The van der Waals surface area contributed by atoms with Gasteiger partial charge in [0, 0.05) is 10.4 Å². The van der Waals surface area contributed by atoms with Crippen LogP contribution in [0, 0.1) is 6.92 Å². The summed E-state index contributed by atoms with van der Waals surface area (Å²) in [7, 11) is 0. The maximum absolute atomic E-state index is 6.17. The molecule has 0 spiro atoms. The number of nitrogens with one attached hydrogen (secondary N) is 1. The number of thiazole rings is 1. The second kappa shape index (κ2) is 5.63. The lowest BCUT2D eigenvalue weighted by atomic mass is 10.0. The van der Waals surface area contributed by atoms with Crippen LogP contribution >= 0.6 is 22.9 Å². The van der Waals surface area contributed by atoms with Gasteiger partial charge in [-0.3, -0.25) is 0 Å². The van der Waals surface area contributed by atoms with Crippen LogP contribution in [-0.2, 0) is 0 Å². The summed E-state index contributed by atoms with van der Waals surface area (Å²) >= 11 is 7.79. The fourth-order valence-electron chi connectivity index (χ4n) is 1.75. The molecule has 0 saturated carbocycles. The van der Waals surface area contributed by atoms with Gasteiger partial charge >= 0.3 is 0 Å². The van der Waals surface area contributed by atoms with Crippen LogP contribution in [-0.4, -0.2) is 11.5 Å². The highest BCUT2D eigenvalue weighted by atomic mass is 35.5. The monoisotopic (exact) mass is 266 g/mol. The van der Waals surface area contributed by atoms with E-state index in [2.05, 4.69) is 28.7 Å². The largest absolute Gasteiger partial charge is 0.305 e. The van der Waals surface area contributed by atoms with Gasteiger partial charge in [-0.25, -0.2) is 4.98 Å². The summed E-state index contributed by atoms with van der Waals surface area (Å²) in [6.07, 6.45) is 0. The lowest BCUT2D eigenvalue weighted by molar-refractivity contribution is 0.618. The van der Waals surface area contributed by atoms with E-state index in [0.29, 0.717) is 0 Å². The van der Waals surface area contributed by atoms with Crippen LogP contribution in [0.4, 0.5) is 0 Å². The van der Waals surface area contributed by atoms with Crippen molar-refractivity contribution < 1.29 is 0 Å². The maximum Gasteiger partial charge on any atom is 0.0795 e. The smallest absolute Gasteiger partial charge is 0.0795 e. The molecule has 17 heavy (non-hydrogen) atoms. The Kier molecular flexibility index (Phi) is 4.15. The Balaban J connectivity index is 2.35. The third-order valence-electron chi connectivity index (χ3n) is 2.68. The van der Waals surface area contributed by atoms with Crippen molar-refractivity contribution in [3.63, 3.8) is 0 Å². The average Bonchev–Trinajstić information content (AvgIpc) is 2.83. The molecule has 4 heteroatoms. The van der Waals surface area contributed by atoms with Gasteiger partial charge in [0.05, 0.1) is 17.2 Å². The Morgan fingerprint density at radius 3 is 2.88 bits per heavy atom. The fraction of sp³-hybridized carbons (Fsp3) is 0.308. The molecular formula is C13H15ClN2S. The minimum Gasteiger partial charge on any atom is -0.305 e. The van der Waals surface area contributed by atoms with E-state index >= 15 is 0 Å². The summed E-state index contributed by atoms with van der Waals surface area (Å²) in [5, 5.41) is 6.31. The molecule has 1 atom stereocenters. The first-order valence-electron chi connectivity index (χ1n) is 5.60. The summed E-state index contributed by atoms with van der Waals surface area (Å²) in [5.41, 5.74) is 5.17. The summed E-state index contributed by atoms with van der Waals surface area (Å²) in [6.45, 7) is 5.00. The molecule has 2 nitrogen and oxygen atoms in total. The standard InChI is InChI=1S/C13H15ClN2S/c1-3-15-13(12-7-17-8-16-12)10-5-4-9(2)11(14)6-10/h4-8,13,15H,3H2,1-2H3. The van der Waals surface area contributed by atoms with Crippen LogP contribution in [0.1, 0.15) is 29.8 Å². The van der Waals surface area contributed by atoms with Gasteiger partial charge in [-0.15, -0.1) is 11.3 Å². The van der Waals surface area contributed by atoms with Gasteiger partial charge in [-0.1, -0.05) is 30.7 Å². The molecule has 0 saturated heterocycles. The number of aryl methyl sites for hydroxylation is 1. The second-order valence-electron chi connectivity index (χ2n) is 3.91. The highest BCUT2D eigenvalue weighted by molar-refractivity contribution is 7.07. The first-order valence-corrected chi connectivity index (χ1v) is 6.92. The van der Waals surface area contributed by atoms with Crippen LogP contribution in [0.2, 0.25) is 5.02 Å². The molecule has 0 aliphatic rings. The lowest BCUT2D eigenvalue weighted by Crippen LogP contribution is -2.22. The predicted molar refractivity (Wildman–Crippen MR) is 73.8 cm³/mol. The van der Waals surface area contributed by atoms with E-state index in [9.17, 15) is 0 Å². The average molecular weight is 267 g/mol. The van der Waals surface area contributed by atoms with Crippen molar-refractivity contribution in [3.05, 3.63) is 50.9 Å². The maximum atomic E-state index is 6.17. The van der Waals surface area contributed by atoms with Gasteiger partial charge in [-0.05, 0) is 30.7 Å². The topological polar surface area (TPSA) is 24.9 Å². The van der Waals surface area contributed by atoms with Gasteiger partial charge in [0.15, 0.2) is 0 Å². The first kappa shape index (κ1) is 12.6. The van der Waals surface area contributed by atoms with Gasteiger partial charge in [-0.2, -0.15) is 0 Å². The van der Waals surface area contributed by atoms with Crippen LogP contribution in [0.25, 0.3) is 0 Å². The Labute approximate surface area is 111 Å². The fourth-order valence-corrected chi connectivity index (χ4v) is 2.52. The molecule has 1 heterocycles. The SMILES string of the molecule is CCNC(c1ccc(C)c(Cl)c1)c1cscn1. The normalized spacial score (nSPS) is 12.6. The van der Waals surface area contributed by atoms with Crippen LogP contribution in [0.15, 0.2) is 29.1 Å². The van der Waals surface area contributed by atoms with Crippen molar-refractivity contribution in [2.45, 2.75) is 19.9 Å². The van der Waals surface area contributed by atoms with Gasteiger partial charge in [0.1, 0.15) is 0 Å². The van der Waals surface area contributed by atoms with Crippen molar-refractivity contribution in [1.29, 1.82) is 0 Å². The molecule has 1 aromatic carbocycles. The Bertz CT molecular complexity index is 482. The summed E-state index contributed by atoms with van der Waals surface area (Å²) in [5.74, 6) is 0. The van der Waals surface area contributed by atoms with E-state index in [1.165, 1.54) is 0 Å². The number of hydrogen-bond donors (Lipinski definition) is 1. The zero-order chi connectivity index (χ0) is 12.3. The Morgan fingerprint density at radius 2 is 2.29 bits per heavy atom. The van der Waals surface area contributed by atoms with E-state index in [4.69, 9.17) is 11.6 Å². The molecule has 1 unspecified atom stereocenters. The lowest BCUT2D eigenvalue weighted by Gasteiger charge is -2.17. The molecule has 0 aliphatic heterocycles. The predicted octanol–water partition coefficient (Wildman–Crippen LogP) is 3.80. The molecule has 0 amide bonds. The van der Waals surface area contributed by atoms with E-state index < -0.39 is 0 Å². The highest BCUT2D eigenvalue weighted by Gasteiger charge is 2.15. The molecule has 0 bridgehead atoms. The molecule has 2 rings (SSSR count). The Morgan fingerprint density at radius 1 is 1.47 bits per heavy atom. The van der Waals surface area contributed by atoms with E-state index in [0.717, 1.165) is 28.4 Å². The van der Waals surface area contributed by atoms with Crippen molar-refractivity contribution in [3.8, 4) is 0 Å². The van der Waals surface area contributed by atoms with E-state index in [1.807, 2.05) is 24.6 Å². The highest BCUT2D eigenvalue weighted by Crippen LogP contribution is 2.26. The third-order valence-corrected chi connectivity index (χ3v) is 3.70. The molecule has 1 aromatic heterocycles. The molecule has 0 fully saturated rings. The molecular weight excluding hydrogens is 252 g/mol. The Hall–Kier alpha value is -0.900. The van der Waals surface area contributed by atoms with Crippen molar-refractivity contribution in [2.24, 2.45) is 0 Å². The number of benzene rings is 1. The number of nitrogens with zero attached hydrogens (tertiary/aromatic N) is 1. The molecule has 1 N–H and O–H groups in total. The molecule has 0 aliphatic carbocycles. The van der Waals surface area contributed by atoms with Crippen LogP contribution in [0.3, 0.4) is 0 Å².